The van der Waals surface area contributed by atoms with Crippen LogP contribution >= 0.6 is 0 Å². The van der Waals surface area contributed by atoms with Crippen LogP contribution < -0.4 is 0 Å². The number of rotatable bonds is 33. The summed E-state index contributed by atoms with van der Waals surface area (Å²) in [4.78, 5) is 37.8. The van der Waals surface area contributed by atoms with Gasteiger partial charge in [0.05, 0.1) is 19.8 Å². The standard InChI is InChI=1S/C40H90O15Si10/c1-35(2)38(41)44-29-26-32-64(33-27-30-45-39(42)36(3)4,55-65(50-59(16,17)18,51-60(19,20)21)34-28-31-46-40(43)37(5)6)54-63(25,49-58(13,14)15)53-61(22,23)52-62(24,47-56(7,8)9)48-57(10,11)12/h1,3,5,26-34H2,2,4,6-25H3. The Kier molecular flexibility index (Phi) is 25.3. The van der Waals surface area contributed by atoms with Gasteiger partial charge in [-0.1, -0.05) is 19.7 Å². The summed E-state index contributed by atoms with van der Waals surface area (Å²) < 4.78 is 81.8. The molecule has 0 spiro atoms. The van der Waals surface area contributed by atoms with Crippen LogP contribution in [0.25, 0.3) is 0 Å². The fourth-order valence-corrected chi connectivity index (χ4v) is 50.6. The van der Waals surface area contributed by atoms with Gasteiger partial charge < -0.3 is 51.2 Å². The van der Waals surface area contributed by atoms with E-state index in [0.717, 1.165) is 0 Å². The average molecular weight is 1090 g/mol. The number of hydrogen-bond acceptors (Lipinski definition) is 15. The summed E-state index contributed by atoms with van der Waals surface area (Å²) in [5, 5.41) is 0. The van der Waals surface area contributed by atoms with Gasteiger partial charge in [-0.15, -0.1) is 0 Å². The van der Waals surface area contributed by atoms with Crippen LogP contribution in [0, 0.1) is 0 Å². The number of hydrogen-bond donors (Lipinski definition) is 0. The minimum atomic E-state index is -3.88. The molecule has 0 aliphatic carbocycles. The molecule has 0 N–H and O–H groups in total. The van der Waals surface area contributed by atoms with Crippen LogP contribution in [0.3, 0.4) is 0 Å². The molecule has 0 aromatic heterocycles. The first-order valence-corrected chi connectivity index (χ1v) is 51.1. The average Bonchev–Trinajstić information content (AvgIpc) is 3.01. The first-order chi connectivity index (χ1) is 28.8. The van der Waals surface area contributed by atoms with Crippen molar-refractivity contribution >= 4 is 103 Å². The van der Waals surface area contributed by atoms with Crippen molar-refractivity contribution in [1.82, 2.24) is 0 Å². The Hall–Kier alpha value is -0.561. The zero-order valence-corrected chi connectivity index (χ0v) is 54.6. The summed E-state index contributed by atoms with van der Waals surface area (Å²) >= 11 is 0. The SMILES string of the molecule is C=C(C)C(=O)OCCC[Si](CCCOC(=O)C(=C)C)(O[Si](C)(O[Si](C)(C)C)O[Si](C)(C)O[Si](C)(O[Si](C)(C)C)O[Si](C)(C)C)O[Si](CCCOC(=O)C(=C)C)(O[Si](C)(C)C)O[Si](C)(C)C. The highest BCUT2D eigenvalue weighted by atomic mass is 28.6. The molecular formula is C40H90O15Si10. The first kappa shape index (κ1) is 64.4. The van der Waals surface area contributed by atoms with Crippen LogP contribution in [-0.4, -0.2) is 123 Å². The summed E-state index contributed by atoms with van der Waals surface area (Å²) in [5.74, 6) is -1.51. The van der Waals surface area contributed by atoms with Crippen LogP contribution in [0.1, 0.15) is 40.0 Å². The van der Waals surface area contributed by atoms with Gasteiger partial charge in [0.2, 0.25) is 0 Å². The van der Waals surface area contributed by atoms with Crippen LogP contribution in [0.4, 0.5) is 0 Å². The largest absolute Gasteiger partial charge is 0.471 e. The van der Waals surface area contributed by atoms with Gasteiger partial charge in [0.1, 0.15) is 0 Å². The molecular weight excluding hydrogens is 1000 g/mol. The second kappa shape index (κ2) is 25.5. The Labute approximate surface area is 405 Å². The number of esters is 3. The maximum absolute atomic E-state index is 12.7. The van der Waals surface area contributed by atoms with Gasteiger partial charge >= 0.3 is 61.4 Å². The van der Waals surface area contributed by atoms with E-state index in [9.17, 15) is 14.4 Å². The molecule has 1 atom stereocenters. The molecule has 0 aliphatic rings. The molecule has 0 bridgehead atoms. The predicted octanol–water partition coefficient (Wildman–Crippen LogP) is 11.1. The summed E-state index contributed by atoms with van der Waals surface area (Å²) in [7, 11) is -29.9. The van der Waals surface area contributed by atoms with E-state index in [1.165, 1.54) is 0 Å². The fraction of sp³-hybridized carbons (Fsp3) is 0.775. The molecule has 0 saturated heterocycles. The lowest BCUT2D eigenvalue weighted by Crippen LogP contribution is -2.68. The van der Waals surface area contributed by atoms with Gasteiger partial charge in [-0.05, 0) is 163 Å². The third-order valence-corrected chi connectivity index (χ3v) is 42.7. The minimum Gasteiger partial charge on any atom is -0.462 e. The quantitative estimate of drug-likeness (QED) is 0.0200. The van der Waals surface area contributed by atoms with Crippen LogP contribution in [0.5, 0.6) is 0 Å². The Morgan fingerprint density at radius 1 is 0.354 bits per heavy atom. The highest BCUT2D eigenvalue weighted by molar-refractivity contribution is 6.94. The number of carbonyl (C=O) groups is 3. The van der Waals surface area contributed by atoms with Gasteiger partial charge in [0.15, 0.2) is 41.6 Å². The van der Waals surface area contributed by atoms with E-state index >= 15 is 0 Å². The Morgan fingerprint density at radius 3 is 0.877 bits per heavy atom. The molecule has 0 rings (SSSR count). The molecule has 15 nitrogen and oxygen atoms in total. The van der Waals surface area contributed by atoms with Gasteiger partial charge in [-0.25, -0.2) is 14.4 Å². The third kappa shape index (κ3) is 29.9. The highest BCUT2D eigenvalue weighted by Crippen LogP contribution is 2.39. The number of carbonyl (C=O) groups excluding carboxylic acids is 3. The first-order valence-electron chi connectivity index (χ1n) is 22.6. The molecule has 0 aliphatic heterocycles. The van der Waals surface area contributed by atoms with Crippen molar-refractivity contribution in [3.05, 3.63) is 36.5 Å². The Morgan fingerprint density at radius 2 is 0.615 bits per heavy atom. The third-order valence-electron chi connectivity index (χ3n) is 7.75. The van der Waals surface area contributed by atoms with Crippen molar-refractivity contribution in [2.24, 2.45) is 0 Å². The monoisotopic (exact) mass is 1090 g/mol. The second-order valence-electron chi connectivity index (χ2n) is 22.3. The van der Waals surface area contributed by atoms with Crippen molar-refractivity contribution in [1.29, 1.82) is 0 Å². The van der Waals surface area contributed by atoms with Gasteiger partial charge in [-0.2, -0.15) is 0 Å². The summed E-state index contributed by atoms with van der Waals surface area (Å²) in [6, 6.07) is 0.895. The number of ether oxygens (including phenoxy) is 3. The fourth-order valence-electron chi connectivity index (χ4n) is 6.66. The second-order valence-corrected chi connectivity index (χ2v) is 61.7. The maximum atomic E-state index is 12.7. The lowest BCUT2D eigenvalue weighted by atomic mass is 10.4. The molecule has 0 amide bonds. The zero-order chi connectivity index (χ0) is 51.3. The molecule has 25 heteroatoms. The summed E-state index contributed by atoms with van der Waals surface area (Å²) in [5.41, 5.74) is 0.856. The molecule has 380 valence electrons. The van der Waals surface area contributed by atoms with Crippen molar-refractivity contribution in [2.75, 3.05) is 19.8 Å². The molecule has 65 heavy (non-hydrogen) atoms. The normalized spacial score (nSPS) is 14.7. The van der Waals surface area contributed by atoms with Gasteiger partial charge in [0, 0.05) is 35.9 Å². The summed E-state index contributed by atoms with van der Waals surface area (Å²) in [6.07, 6.45) is 1.05. The van der Waals surface area contributed by atoms with Crippen LogP contribution in [0.15, 0.2) is 36.5 Å². The van der Waals surface area contributed by atoms with E-state index in [2.05, 4.69) is 118 Å². The molecule has 0 saturated carbocycles. The minimum absolute atomic E-state index is 0.0519. The zero-order valence-electron chi connectivity index (χ0n) is 44.6. The lowest BCUT2D eigenvalue weighted by molar-refractivity contribution is -0.139. The van der Waals surface area contributed by atoms with E-state index in [0.29, 0.717) is 43.0 Å². The maximum Gasteiger partial charge on any atom is 0.471 e. The lowest BCUT2D eigenvalue weighted by Gasteiger charge is -2.49. The van der Waals surface area contributed by atoms with Crippen molar-refractivity contribution in [3.63, 3.8) is 0 Å². The van der Waals surface area contributed by atoms with E-state index in [1.807, 2.05) is 26.2 Å². The van der Waals surface area contributed by atoms with E-state index in [4.69, 9.17) is 51.2 Å². The van der Waals surface area contributed by atoms with Gasteiger partial charge in [-0.3, -0.25) is 0 Å². The molecule has 0 fully saturated rings. The van der Waals surface area contributed by atoms with Gasteiger partial charge in [0.25, 0.3) is 0 Å². The molecule has 0 heterocycles. The van der Waals surface area contributed by atoms with Crippen LogP contribution in [-0.2, 0) is 65.6 Å². The molecule has 0 aromatic rings. The Balaban J connectivity index is 8.22. The van der Waals surface area contributed by atoms with E-state index in [-0.39, 0.29) is 31.0 Å². The van der Waals surface area contributed by atoms with Crippen molar-refractivity contribution in [2.45, 2.75) is 183 Å². The molecule has 0 radical (unpaired) electrons. The van der Waals surface area contributed by atoms with Crippen molar-refractivity contribution < 1.29 is 65.6 Å². The summed E-state index contributed by atoms with van der Waals surface area (Å²) in [6.45, 7) is 55.4. The molecule has 0 aromatic carbocycles. The predicted molar refractivity (Wildman–Crippen MR) is 284 cm³/mol. The molecule has 1 unspecified atom stereocenters. The Bertz CT molecular complexity index is 1550. The van der Waals surface area contributed by atoms with Crippen molar-refractivity contribution in [3.8, 4) is 0 Å². The van der Waals surface area contributed by atoms with E-state index < -0.39 is 103 Å². The topological polar surface area (TPSA) is 162 Å². The van der Waals surface area contributed by atoms with Crippen LogP contribution in [0.2, 0.25) is 143 Å². The smallest absolute Gasteiger partial charge is 0.462 e. The van der Waals surface area contributed by atoms with E-state index in [1.54, 1.807) is 20.8 Å². The highest BCUT2D eigenvalue weighted by Gasteiger charge is 2.60.